The minimum Gasteiger partial charge on any atom is -0.353 e. The molecule has 1 N–H and O–H groups in total. The molecule has 1 aromatic heterocycles. The molecule has 1 unspecified atom stereocenters. The predicted molar refractivity (Wildman–Crippen MR) is 112 cm³/mol. The van der Waals surface area contributed by atoms with E-state index in [1.165, 1.54) is 16.7 Å². The highest BCUT2D eigenvalue weighted by molar-refractivity contribution is 5.81. The van der Waals surface area contributed by atoms with Gasteiger partial charge in [0.2, 0.25) is 5.91 Å². The maximum atomic E-state index is 13.6. The van der Waals surface area contributed by atoms with Crippen LogP contribution in [0, 0.1) is 5.82 Å². The molecule has 0 aliphatic rings. The van der Waals surface area contributed by atoms with Gasteiger partial charge < -0.3 is 10.2 Å². The highest BCUT2D eigenvalue weighted by atomic mass is 19.1. The number of para-hydroxylation sites is 2. The van der Waals surface area contributed by atoms with Gasteiger partial charge in [-0.1, -0.05) is 31.2 Å². The van der Waals surface area contributed by atoms with Crippen LogP contribution in [0.3, 0.4) is 0 Å². The molecule has 2 aromatic carbocycles. The van der Waals surface area contributed by atoms with E-state index in [1.807, 2.05) is 56.3 Å². The van der Waals surface area contributed by atoms with Crippen LogP contribution in [-0.2, 0) is 17.9 Å². The van der Waals surface area contributed by atoms with Crippen molar-refractivity contribution in [3.63, 3.8) is 0 Å². The molecule has 1 heterocycles. The zero-order chi connectivity index (χ0) is 21.0. The number of likely N-dealkylation sites (N-methyl/N-ethyl adjacent to an activating group) is 1. The van der Waals surface area contributed by atoms with Gasteiger partial charge in [0.1, 0.15) is 12.4 Å². The maximum absolute atomic E-state index is 13.6. The molecule has 6 nitrogen and oxygen atoms in total. The van der Waals surface area contributed by atoms with Gasteiger partial charge in [-0.05, 0) is 50.3 Å². The van der Waals surface area contributed by atoms with Crippen molar-refractivity contribution in [1.82, 2.24) is 19.4 Å². The first kappa shape index (κ1) is 20.8. The number of nitrogens with one attached hydrogen (secondary N) is 1. The standard InChI is InChI=1S/C22H27FN4O2/c1-4-12-26-18-10-5-6-11-19(18)27(22(26)29)15-21(28)24-14-20(25(2)3)16-8-7-9-17(23)13-16/h5-11,13,20H,4,12,14-15H2,1-3H3,(H,24,28). The number of imidazole rings is 1. The van der Waals surface area contributed by atoms with E-state index in [4.69, 9.17) is 0 Å². The zero-order valence-electron chi connectivity index (χ0n) is 17.1. The third-order valence-corrected chi connectivity index (χ3v) is 5.02. The number of benzene rings is 2. The molecule has 1 atom stereocenters. The summed E-state index contributed by atoms with van der Waals surface area (Å²) in [6, 6.07) is 13.7. The molecule has 0 saturated heterocycles. The van der Waals surface area contributed by atoms with Crippen LogP contribution in [0.5, 0.6) is 0 Å². The van der Waals surface area contributed by atoms with Crippen LogP contribution < -0.4 is 11.0 Å². The molecule has 3 aromatic rings. The van der Waals surface area contributed by atoms with Crippen LogP contribution >= 0.6 is 0 Å². The fourth-order valence-corrected chi connectivity index (χ4v) is 3.59. The summed E-state index contributed by atoms with van der Waals surface area (Å²) < 4.78 is 16.8. The number of carbonyl (C=O) groups is 1. The molecule has 0 bridgehead atoms. The number of amides is 1. The lowest BCUT2D eigenvalue weighted by Crippen LogP contribution is -2.38. The summed E-state index contributed by atoms with van der Waals surface area (Å²) in [5.41, 5.74) is 2.18. The summed E-state index contributed by atoms with van der Waals surface area (Å²) in [6.07, 6.45) is 0.832. The molecule has 0 spiro atoms. The van der Waals surface area contributed by atoms with Crippen molar-refractivity contribution < 1.29 is 9.18 Å². The highest BCUT2D eigenvalue weighted by Gasteiger charge is 2.18. The Morgan fingerprint density at radius 2 is 1.79 bits per heavy atom. The molecule has 0 saturated carbocycles. The van der Waals surface area contributed by atoms with Crippen LogP contribution in [0.25, 0.3) is 11.0 Å². The molecular formula is C22H27FN4O2. The van der Waals surface area contributed by atoms with Gasteiger partial charge in [0.25, 0.3) is 0 Å². The van der Waals surface area contributed by atoms with E-state index in [9.17, 15) is 14.0 Å². The van der Waals surface area contributed by atoms with Crippen molar-refractivity contribution in [2.75, 3.05) is 20.6 Å². The van der Waals surface area contributed by atoms with Gasteiger partial charge in [0.05, 0.1) is 17.1 Å². The first-order valence-corrected chi connectivity index (χ1v) is 9.79. The molecule has 7 heteroatoms. The number of hydrogen-bond acceptors (Lipinski definition) is 3. The molecule has 154 valence electrons. The van der Waals surface area contributed by atoms with Crippen molar-refractivity contribution in [1.29, 1.82) is 0 Å². The summed E-state index contributed by atoms with van der Waals surface area (Å²) in [5, 5.41) is 2.89. The number of aromatic nitrogens is 2. The topological polar surface area (TPSA) is 59.3 Å². The second kappa shape index (κ2) is 9.05. The van der Waals surface area contributed by atoms with E-state index >= 15 is 0 Å². The van der Waals surface area contributed by atoms with Crippen LogP contribution in [0.4, 0.5) is 4.39 Å². The number of aryl methyl sites for hydroxylation is 1. The van der Waals surface area contributed by atoms with Gasteiger partial charge in [-0.15, -0.1) is 0 Å². The van der Waals surface area contributed by atoms with Gasteiger partial charge in [-0.25, -0.2) is 9.18 Å². The Hall–Kier alpha value is -2.93. The average Bonchev–Trinajstić information content (AvgIpc) is 2.94. The third-order valence-electron chi connectivity index (χ3n) is 5.02. The number of carbonyl (C=O) groups excluding carboxylic acids is 1. The van der Waals surface area contributed by atoms with Crippen LogP contribution in [0.2, 0.25) is 0 Å². The SMILES string of the molecule is CCCn1c(=O)n(CC(=O)NCC(c2cccc(F)c2)N(C)C)c2ccccc21. The quantitative estimate of drug-likeness (QED) is 0.635. The second-order valence-corrected chi connectivity index (χ2v) is 7.35. The Morgan fingerprint density at radius 3 is 2.41 bits per heavy atom. The minimum absolute atomic E-state index is 0.0562. The molecule has 29 heavy (non-hydrogen) atoms. The van der Waals surface area contributed by atoms with Crippen molar-refractivity contribution in [2.45, 2.75) is 32.5 Å². The van der Waals surface area contributed by atoms with E-state index in [2.05, 4.69) is 5.32 Å². The van der Waals surface area contributed by atoms with E-state index in [1.54, 1.807) is 10.6 Å². The normalized spacial score (nSPS) is 12.4. The van der Waals surface area contributed by atoms with Gasteiger partial charge in [-0.2, -0.15) is 0 Å². The predicted octanol–water partition coefficient (Wildman–Crippen LogP) is 2.77. The zero-order valence-corrected chi connectivity index (χ0v) is 17.1. The van der Waals surface area contributed by atoms with E-state index < -0.39 is 0 Å². The summed E-state index contributed by atoms with van der Waals surface area (Å²) in [5.74, 6) is -0.564. The molecule has 0 aliphatic carbocycles. The average molecular weight is 398 g/mol. The Morgan fingerprint density at radius 1 is 1.10 bits per heavy atom. The number of nitrogens with zero attached hydrogens (tertiary/aromatic N) is 3. The first-order chi connectivity index (χ1) is 13.9. The van der Waals surface area contributed by atoms with Crippen molar-refractivity contribution in [3.8, 4) is 0 Å². The van der Waals surface area contributed by atoms with E-state index in [-0.39, 0.29) is 30.0 Å². The summed E-state index contributed by atoms with van der Waals surface area (Å²) >= 11 is 0. The lowest BCUT2D eigenvalue weighted by molar-refractivity contribution is -0.121. The van der Waals surface area contributed by atoms with Gasteiger partial charge in [0.15, 0.2) is 0 Å². The monoisotopic (exact) mass is 398 g/mol. The Kier molecular flexibility index (Phi) is 6.49. The Balaban J connectivity index is 1.77. The Labute approximate surface area is 169 Å². The lowest BCUT2D eigenvalue weighted by Gasteiger charge is -2.25. The Bertz CT molecular complexity index is 1050. The number of fused-ring (bicyclic) bond motifs is 1. The summed E-state index contributed by atoms with van der Waals surface area (Å²) in [4.78, 5) is 27.4. The first-order valence-electron chi connectivity index (χ1n) is 9.79. The second-order valence-electron chi connectivity index (χ2n) is 7.35. The smallest absolute Gasteiger partial charge is 0.329 e. The van der Waals surface area contributed by atoms with Gasteiger partial charge in [-0.3, -0.25) is 13.9 Å². The third kappa shape index (κ3) is 4.56. The molecule has 1 amide bonds. The van der Waals surface area contributed by atoms with Gasteiger partial charge in [0, 0.05) is 13.1 Å². The number of rotatable bonds is 8. The van der Waals surface area contributed by atoms with Crippen LogP contribution in [-0.4, -0.2) is 40.6 Å². The fraction of sp³-hybridized carbons (Fsp3) is 0.364. The lowest BCUT2D eigenvalue weighted by atomic mass is 10.1. The maximum Gasteiger partial charge on any atom is 0.329 e. The summed E-state index contributed by atoms with van der Waals surface area (Å²) in [7, 11) is 3.76. The number of halogens is 1. The van der Waals surface area contributed by atoms with Crippen LogP contribution in [0.1, 0.15) is 24.9 Å². The van der Waals surface area contributed by atoms with E-state index in [0.717, 1.165) is 23.0 Å². The van der Waals surface area contributed by atoms with E-state index in [0.29, 0.717) is 13.1 Å². The highest BCUT2D eigenvalue weighted by Crippen LogP contribution is 2.18. The van der Waals surface area contributed by atoms with Crippen LogP contribution in [0.15, 0.2) is 53.3 Å². The molecule has 0 aliphatic heterocycles. The molecular weight excluding hydrogens is 371 g/mol. The summed E-state index contributed by atoms with van der Waals surface area (Å²) in [6.45, 7) is 2.88. The van der Waals surface area contributed by atoms with Crippen molar-refractivity contribution in [2.24, 2.45) is 0 Å². The number of hydrogen-bond donors (Lipinski definition) is 1. The minimum atomic E-state index is -0.309. The molecule has 0 fully saturated rings. The molecule has 3 rings (SSSR count). The van der Waals surface area contributed by atoms with Gasteiger partial charge >= 0.3 is 5.69 Å². The molecule has 0 radical (unpaired) electrons. The largest absolute Gasteiger partial charge is 0.353 e. The fourth-order valence-electron chi connectivity index (χ4n) is 3.59. The van der Waals surface area contributed by atoms with Crippen molar-refractivity contribution in [3.05, 3.63) is 70.4 Å². The van der Waals surface area contributed by atoms with Crippen molar-refractivity contribution >= 4 is 16.9 Å².